The lowest BCUT2D eigenvalue weighted by molar-refractivity contribution is -0.167. The summed E-state index contributed by atoms with van der Waals surface area (Å²) in [6.45, 7) is 6.41. The van der Waals surface area contributed by atoms with Gasteiger partial charge in [0.25, 0.3) is 5.91 Å². The van der Waals surface area contributed by atoms with Gasteiger partial charge in [-0.1, -0.05) is 13.8 Å². The van der Waals surface area contributed by atoms with Crippen LogP contribution in [0.5, 0.6) is 0 Å². The summed E-state index contributed by atoms with van der Waals surface area (Å²) in [5.41, 5.74) is -0.454. The van der Waals surface area contributed by atoms with Gasteiger partial charge >= 0.3 is 0 Å². The molecule has 3 nitrogen and oxygen atoms in total. The summed E-state index contributed by atoms with van der Waals surface area (Å²) in [4.78, 5) is 14.4. The smallest absolute Gasteiger partial charge is 0.254 e. The number of amides is 1. The molecule has 1 heterocycles. The van der Waals surface area contributed by atoms with E-state index >= 15 is 0 Å². The Kier molecular flexibility index (Phi) is 3.76. The van der Waals surface area contributed by atoms with Crippen LogP contribution in [0.15, 0.2) is 0 Å². The molecule has 0 aromatic rings. The molecule has 0 radical (unpaired) electrons. The van der Waals surface area contributed by atoms with E-state index in [1.54, 1.807) is 7.11 Å². The van der Waals surface area contributed by atoms with Crippen LogP contribution in [0.3, 0.4) is 0 Å². The average molecular weight is 239 g/mol. The van der Waals surface area contributed by atoms with Crippen molar-refractivity contribution in [2.75, 3.05) is 20.2 Å². The number of hydrogen-bond acceptors (Lipinski definition) is 2. The number of carbonyl (C=O) groups excluding carboxylic acids is 1. The summed E-state index contributed by atoms with van der Waals surface area (Å²) >= 11 is 0. The van der Waals surface area contributed by atoms with Crippen LogP contribution in [-0.2, 0) is 9.53 Å². The Morgan fingerprint density at radius 2 is 1.88 bits per heavy atom. The molecular formula is C14H25NO2. The van der Waals surface area contributed by atoms with E-state index < -0.39 is 5.60 Å². The Morgan fingerprint density at radius 1 is 1.29 bits per heavy atom. The second-order valence-corrected chi connectivity index (χ2v) is 5.93. The number of nitrogens with zero attached hydrogens (tertiary/aromatic N) is 1. The Morgan fingerprint density at radius 3 is 2.24 bits per heavy atom. The second kappa shape index (κ2) is 4.97. The molecule has 0 aromatic carbocycles. The van der Waals surface area contributed by atoms with Crippen molar-refractivity contribution in [3.8, 4) is 0 Å². The van der Waals surface area contributed by atoms with Gasteiger partial charge in [0.05, 0.1) is 0 Å². The number of carbonyl (C=O) groups is 1. The third-order valence-electron chi connectivity index (χ3n) is 4.71. The van der Waals surface area contributed by atoms with Crippen LogP contribution in [0, 0.1) is 11.8 Å². The highest BCUT2D eigenvalue weighted by atomic mass is 16.5. The Hall–Kier alpha value is -0.570. The first-order chi connectivity index (χ1) is 8.09. The molecule has 1 saturated heterocycles. The first kappa shape index (κ1) is 12.9. The molecule has 1 saturated carbocycles. The maximum Gasteiger partial charge on any atom is 0.254 e. The lowest BCUT2D eigenvalue weighted by Crippen LogP contribution is -2.56. The van der Waals surface area contributed by atoms with Gasteiger partial charge in [0.2, 0.25) is 0 Å². The number of piperidine rings is 1. The SMILES string of the molecule is COC1(C(=O)N2CCC(C(C)C)CC2)CCC1. The van der Waals surface area contributed by atoms with E-state index in [2.05, 4.69) is 13.8 Å². The van der Waals surface area contributed by atoms with E-state index in [0.29, 0.717) is 0 Å². The molecule has 2 aliphatic rings. The van der Waals surface area contributed by atoms with Gasteiger partial charge in [0.1, 0.15) is 5.60 Å². The molecule has 98 valence electrons. The molecule has 1 aliphatic carbocycles. The van der Waals surface area contributed by atoms with Gasteiger partial charge in [0.15, 0.2) is 0 Å². The Balaban J connectivity index is 1.90. The predicted octanol–water partition coefficient (Wildman–Crippen LogP) is 2.45. The topological polar surface area (TPSA) is 29.5 Å². The van der Waals surface area contributed by atoms with Crippen LogP contribution >= 0.6 is 0 Å². The van der Waals surface area contributed by atoms with Crippen molar-refractivity contribution in [1.29, 1.82) is 0 Å². The van der Waals surface area contributed by atoms with Gasteiger partial charge in [-0.05, 0) is 43.9 Å². The maximum atomic E-state index is 12.4. The van der Waals surface area contributed by atoms with E-state index in [4.69, 9.17) is 4.74 Å². The van der Waals surface area contributed by atoms with Crippen molar-refractivity contribution in [2.45, 2.75) is 51.6 Å². The van der Waals surface area contributed by atoms with E-state index in [0.717, 1.165) is 57.0 Å². The third kappa shape index (κ3) is 2.35. The molecule has 2 fully saturated rings. The van der Waals surface area contributed by atoms with E-state index in [9.17, 15) is 4.79 Å². The largest absolute Gasteiger partial charge is 0.368 e. The van der Waals surface area contributed by atoms with Gasteiger partial charge in [0, 0.05) is 20.2 Å². The highest BCUT2D eigenvalue weighted by molar-refractivity contribution is 5.86. The first-order valence-electron chi connectivity index (χ1n) is 6.93. The van der Waals surface area contributed by atoms with Crippen LogP contribution in [-0.4, -0.2) is 36.6 Å². The van der Waals surface area contributed by atoms with Crippen molar-refractivity contribution < 1.29 is 9.53 Å². The average Bonchev–Trinajstić information content (AvgIpc) is 2.28. The molecule has 0 atom stereocenters. The van der Waals surface area contributed by atoms with Crippen LogP contribution in [0.25, 0.3) is 0 Å². The normalized spacial score (nSPS) is 24.8. The van der Waals surface area contributed by atoms with E-state index in [1.807, 2.05) is 4.90 Å². The summed E-state index contributed by atoms with van der Waals surface area (Å²) in [6.07, 6.45) is 5.26. The van der Waals surface area contributed by atoms with E-state index in [-0.39, 0.29) is 5.91 Å². The van der Waals surface area contributed by atoms with Crippen molar-refractivity contribution in [1.82, 2.24) is 4.90 Å². The van der Waals surface area contributed by atoms with Crippen LogP contribution in [0.1, 0.15) is 46.0 Å². The summed E-state index contributed by atoms with van der Waals surface area (Å²) in [5, 5.41) is 0. The van der Waals surface area contributed by atoms with Crippen LogP contribution in [0.4, 0.5) is 0 Å². The fourth-order valence-corrected chi connectivity index (χ4v) is 3.06. The molecule has 0 bridgehead atoms. The molecular weight excluding hydrogens is 214 g/mol. The van der Waals surface area contributed by atoms with Gasteiger partial charge in [-0.3, -0.25) is 4.79 Å². The highest BCUT2D eigenvalue weighted by Gasteiger charge is 2.47. The Bertz CT molecular complexity index is 270. The van der Waals surface area contributed by atoms with Gasteiger partial charge in [-0.2, -0.15) is 0 Å². The molecule has 0 unspecified atom stereocenters. The molecule has 1 aliphatic heterocycles. The second-order valence-electron chi connectivity index (χ2n) is 5.93. The molecule has 0 N–H and O–H groups in total. The standard InChI is InChI=1S/C14H25NO2/c1-11(2)12-5-9-15(10-6-12)13(16)14(17-3)7-4-8-14/h11-12H,4-10H2,1-3H3. The number of methoxy groups -OCH3 is 1. The zero-order valence-corrected chi connectivity index (χ0v) is 11.4. The predicted molar refractivity (Wildman–Crippen MR) is 67.7 cm³/mol. The molecule has 17 heavy (non-hydrogen) atoms. The van der Waals surface area contributed by atoms with E-state index in [1.165, 1.54) is 0 Å². The number of rotatable bonds is 3. The minimum Gasteiger partial charge on any atom is -0.368 e. The zero-order chi connectivity index (χ0) is 12.5. The summed E-state index contributed by atoms with van der Waals surface area (Å²) in [7, 11) is 1.68. The van der Waals surface area contributed by atoms with Gasteiger partial charge < -0.3 is 9.64 Å². The van der Waals surface area contributed by atoms with Crippen molar-refractivity contribution in [3.63, 3.8) is 0 Å². The molecule has 1 amide bonds. The van der Waals surface area contributed by atoms with Crippen LogP contribution < -0.4 is 0 Å². The lowest BCUT2D eigenvalue weighted by atomic mass is 9.78. The summed E-state index contributed by atoms with van der Waals surface area (Å²) < 4.78 is 5.47. The number of likely N-dealkylation sites (tertiary alicyclic amines) is 1. The maximum absolute atomic E-state index is 12.4. The van der Waals surface area contributed by atoms with Crippen molar-refractivity contribution >= 4 is 5.91 Å². The lowest BCUT2D eigenvalue weighted by Gasteiger charge is -2.44. The number of hydrogen-bond donors (Lipinski definition) is 0. The quantitative estimate of drug-likeness (QED) is 0.757. The summed E-state index contributed by atoms with van der Waals surface area (Å²) in [6, 6.07) is 0. The first-order valence-corrected chi connectivity index (χ1v) is 6.93. The minimum absolute atomic E-state index is 0.244. The monoisotopic (exact) mass is 239 g/mol. The van der Waals surface area contributed by atoms with Gasteiger partial charge in [-0.25, -0.2) is 0 Å². The minimum atomic E-state index is -0.454. The van der Waals surface area contributed by atoms with Crippen LogP contribution in [0.2, 0.25) is 0 Å². The molecule has 2 rings (SSSR count). The molecule has 0 spiro atoms. The Labute approximate surface area is 105 Å². The number of ether oxygens (including phenoxy) is 1. The van der Waals surface area contributed by atoms with Crippen molar-refractivity contribution in [2.24, 2.45) is 11.8 Å². The zero-order valence-electron chi connectivity index (χ0n) is 11.4. The fourth-order valence-electron chi connectivity index (χ4n) is 3.06. The van der Waals surface area contributed by atoms with Crippen molar-refractivity contribution in [3.05, 3.63) is 0 Å². The third-order valence-corrected chi connectivity index (χ3v) is 4.71. The summed E-state index contributed by atoms with van der Waals surface area (Å²) in [5.74, 6) is 1.78. The molecule has 0 aromatic heterocycles. The molecule has 3 heteroatoms. The van der Waals surface area contributed by atoms with Gasteiger partial charge in [-0.15, -0.1) is 0 Å². The fraction of sp³-hybridized carbons (Fsp3) is 0.929. The highest BCUT2D eigenvalue weighted by Crippen LogP contribution is 2.38.